The second-order valence-corrected chi connectivity index (χ2v) is 20.3. The Bertz CT molecular complexity index is 3850. The van der Waals surface area contributed by atoms with E-state index < -0.39 is 64.4 Å². The van der Waals surface area contributed by atoms with Crippen LogP contribution in [-0.2, 0) is 55.4 Å². The highest BCUT2D eigenvalue weighted by Gasteiger charge is 2.76. The number of aliphatic hydroxyl groups is 1. The van der Waals surface area contributed by atoms with Crippen LogP contribution in [0.3, 0.4) is 0 Å². The average Bonchev–Trinajstić information content (AvgIpc) is 1.64. The number of aliphatic hydroxyl groups excluding tert-OH is 1. The second-order valence-electron chi connectivity index (χ2n) is 20.3. The van der Waals surface area contributed by atoms with E-state index in [0.717, 1.165) is 21.5 Å². The first kappa shape index (κ1) is 52.8. The Morgan fingerprint density at radius 1 is 0.805 bits per heavy atom. The summed E-state index contributed by atoms with van der Waals surface area (Å²) >= 11 is 0. The third kappa shape index (κ3) is 9.17. The Balaban J connectivity index is 1.09. The minimum atomic E-state index is -2.16. The summed E-state index contributed by atoms with van der Waals surface area (Å²) in [5.74, 6) is 4.07. The van der Waals surface area contributed by atoms with E-state index in [1.165, 1.54) is 31.4 Å². The molecule has 4 aliphatic rings. The fourth-order valence-corrected chi connectivity index (χ4v) is 12.3. The van der Waals surface area contributed by atoms with E-state index in [-0.39, 0.29) is 56.4 Å². The standard InChI is InChI=1S/C63H53N7O12/c1-78-52-35-44-29-31-66(37-45(44)36-53(52)79-2)59(72)54-56-60(73)82-57(42-15-7-4-8-16-42)55(41-13-5-3-6-14-41)69(56)58(43-22-26-47(27-23-43)80-33-32-71)63(54)48-34-39(12-11-30-67-51-18-10-9-17-49(51)64-65-67)21-28-50(48)68(61(63)74)62(75)81-38-40-19-24-46(25-20-40)70(76)77/h3-10,13-28,34-36,54-58,71H,29-33,37-38H2,1-2H3/t54-,55-,56-,57+,58+,63-/m1/s1. The molecule has 0 saturated carbocycles. The molecule has 12 rings (SSSR count). The largest absolute Gasteiger partial charge is 0.493 e. The summed E-state index contributed by atoms with van der Waals surface area (Å²) in [5, 5.41) is 29.9. The van der Waals surface area contributed by atoms with Gasteiger partial charge in [-0.15, -0.1) is 5.10 Å². The van der Waals surface area contributed by atoms with Crippen molar-refractivity contribution in [3.05, 3.63) is 218 Å². The van der Waals surface area contributed by atoms with Gasteiger partial charge in [0.25, 0.3) is 5.69 Å². The number of non-ortho nitro benzene ring substituents is 1. The highest BCUT2D eigenvalue weighted by atomic mass is 16.6. The molecule has 0 aliphatic carbocycles. The first-order valence-electron chi connectivity index (χ1n) is 26.6. The van der Waals surface area contributed by atoms with Crippen LogP contribution in [0.1, 0.15) is 62.7 Å². The second kappa shape index (κ2) is 22.0. The zero-order valence-electron chi connectivity index (χ0n) is 44.5. The van der Waals surface area contributed by atoms with Crippen molar-refractivity contribution in [2.24, 2.45) is 5.92 Å². The summed E-state index contributed by atoms with van der Waals surface area (Å²) in [4.78, 5) is 80.3. The number of imide groups is 1. The van der Waals surface area contributed by atoms with Gasteiger partial charge in [-0.2, -0.15) is 0 Å². The fourth-order valence-electron chi connectivity index (χ4n) is 12.3. The number of carbonyl (C=O) groups excluding carboxylic acids is 4. The summed E-state index contributed by atoms with van der Waals surface area (Å²) in [6.07, 6.45) is -1.70. The number of hydrogen-bond acceptors (Lipinski definition) is 15. The maximum absolute atomic E-state index is 17.0. The molecule has 19 heteroatoms. The van der Waals surface area contributed by atoms with Crippen molar-refractivity contribution in [2.75, 3.05) is 38.9 Å². The van der Waals surface area contributed by atoms with E-state index in [9.17, 15) is 15.2 Å². The highest BCUT2D eigenvalue weighted by molar-refractivity contribution is 6.23. The Labute approximate surface area is 470 Å². The van der Waals surface area contributed by atoms with Gasteiger partial charge in [0.2, 0.25) is 11.8 Å². The summed E-state index contributed by atoms with van der Waals surface area (Å²) in [6, 6.07) is 43.8. The van der Waals surface area contributed by atoms with Crippen LogP contribution in [0.5, 0.6) is 17.2 Å². The van der Waals surface area contributed by atoms with Crippen LogP contribution in [-0.4, -0.2) is 98.7 Å². The van der Waals surface area contributed by atoms with Gasteiger partial charge >= 0.3 is 12.1 Å². The molecule has 1 spiro atoms. The molecule has 2 fully saturated rings. The Hall–Kier alpha value is -9.90. The molecule has 0 bridgehead atoms. The summed E-state index contributed by atoms with van der Waals surface area (Å²) in [7, 11) is 3.08. The number of morpholine rings is 1. The molecule has 0 unspecified atom stereocenters. The van der Waals surface area contributed by atoms with E-state index in [2.05, 4.69) is 22.2 Å². The lowest BCUT2D eigenvalue weighted by Gasteiger charge is -2.46. The number of cyclic esters (lactones) is 1. The molecule has 0 radical (unpaired) electrons. The zero-order chi connectivity index (χ0) is 56.6. The molecule has 3 amide bonds. The van der Waals surface area contributed by atoms with Gasteiger partial charge in [-0.05, 0) is 112 Å². The number of carbonyl (C=O) groups is 4. The number of nitro groups is 1. The Morgan fingerprint density at radius 3 is 2.21 bits per heavy atom. The minimum absolute atomic E-state index is 0.00443. The number of nitrogens with zero attached hydrogens (tertiary/aromatic N) is 7. The van der Waals surface area contributed by atoms with Gasteiger partial charge in [0, 0.05) is 30.8 Å². The smallest absolute Gasteiger partial charge is 0.421 e. The Morgan fingerprint density at radius 2 is 1.50 bits per heavy atom. The average molecular weight is 1100 g/mol. The van der Waals surface area contributed by atoms with Gasteiger partial charge in [-0.3, -0.25) is 29.4 Å². The number of anilines is 1. The van der Waals surface area contributed by atoms with Crippen LogP contribution < -0.4 is 19.1 Å². The van der Waals surface area contributed by atoms with Gasteiger partial charge in [0.1, 0.15) is 48.6 Å². The predicted octanol–water partition coefficient (Wildman–Crippen LogP) is 8.37. The quantitative estimate of drug-likeness (QED) is 0.0496. The molecule has 4 aliphatic heterocycles. The van der Waals surface area contributed by atoms with Crippen LogP contribution in [0.15, 0.2) is 164 Å². The van der Waals surface area contributed by atoms with Gasteiger partial charge in [0.05, 0.1) is 55.0 Å². The number of esters is 1. The van der Waals surface area contributed by atoms with Crippen molar-refractivity contribution < 1.29 is 52.9 Å². The fraction of sp³-hybridized carbons (Fsp3) is 0.238. The molecule has 82 heavy (non-hydrogen) atoms. The van der Waals surface area contributed by atoms with Crippen LogP contribution in [0.25, 0.3) is 11.0 Å². The van der Waals surface area contributed by atoms with Crippen molar-refractivity contribution in [1.29, 1.82) is 0 Å². The lowest BCUT2D eigenvalue weighted by molar-refractivity contribution is -0.384. The van der Waals surface area contributed by atoms with Crippen LogP contribution in [0, 0.1) is 27.9 Å². The molecular weight excluding hydrogens is 1050 g/mol. The molecule has 6 atom stereocenters. The molecule has 1 N–H and O–H groups in total. The number of benzene rings is 7. The first-order chi connectivity index (χ1) is 40.0. The minimum Gasteiger partial charge on any atom is -0.493 e. The number of fused-ring (bicyclic) bond motifs is 5. The number of ether oxygens (including phenoxy) is 5. The first-order valence-corrected chi connectivity index (χ1v) is 26.6. The highest BCUT2D eigenvalue weighted by Crippen LogP contribution is 2.66. The summed E-state index contributed by atoms with van der Waals surface area (Å²) < 4.78 is 31.6. The maximum Gasteiger partial charge on any atom is 0.421 e. The molecule has 7 aromatic carbocycles. The number of para-hydroxylation sites is 1. The Kier molecular flexibility index (Phi) is 14.1. The molecule has 1 aromatic heterocycles. The van der Waals surface area contributed by atoms with E-state index in [1.807, 2.05) is 102 Å². The summed E-state index contributed by atoms with van der Waals surface area (Å²) in [5.41, 5.74) is 3.79. The lowest BCUT2D eigenvalue weighted by atomic mass is 9.64. The van der Waals surface area contributed by atoms with Crippen molar-refractivity contribution in [3.63, 3.8) is 0 Å². The number of rotatable bonds is 13. The van der Waals surface area contributed by atoms with E-state index in [0.29, 0.717) is 57.0 Å². The predicted molar refractivity (Wildman–Crippen MR) is 297 cm³/mol. The molecule has 2 saturated heterocycles. The van der Waals surface area contributed by atoms with Gasteiger partial charge in [-0.25, -0.2) is 14.4 Å². The monoisotopic (exact) mass is 1100 g/mol. The molecule has 8 aromatic rings. The number of hydrogen-bond donors (Lipinski definition) is 1. The SMILES string of the molecule is COc1cc2c(cc1OC)CN(C(=O)[C@H]1[C@@H]3C(=O)O[C@@H](c4ccccc4)[C@@H](c4ccccc4)N3[C@@H](c3ccc(OCCO)cc3)[C@]13C(=O)N(C(=O)OCc1ccc([N+](=O)[O-])cc1)c1ccc(C#CCn4nnc5ccccc54)cc13)CC2. The number of aromatic nitrogens is 3. The van der Waals surface area contributed by atoms with E-state index >= 15 is 19.2 Å². The third-order valence-corrected chi connectivity index (χ3v) is 15.9. The van der Waals surface area contributed by atoms with Crippen molar-refractivity contribution in [2.45, 2.75) is 55.8 Å². The molecule has 19 nitrogen and oxygen atoms in total. The van der Waals surface area contributed by atoms with Crippen molar-refractivity contribution in [1.82, 2.24) is 24.8 Å². The van der Waals surface area contributed by atoms with Gasteiger partial charge in [0.15, 0.2) is 11.5 Å². The lowest BCUT2D eigenvalue weighted by Crippen LogP contribution is -2.57. The van der Waals surface area contributed by atoms with Gasteiger partial charge in [-0.1, -0.05) is 102 Å². The molecule has 5 heterocycles. The zero-order valence-corrected chi connectivity index (χ0v) is 44.5. The molecule has 412 valence electrons. The number of nitro benzene ring substituents is 1. The van der Waals surface area contributed by atoms with E-state index in [1.54, 1.807) is 59.2 Å². The van der Waals surface area contributed by atoms with Crippen LogP contribution in [0.2, 0.25) is 0 Å². The number of methoxy groups -OCH3 is 2. The van der Waals surface area contributed by atoms with Crippen molar-refractivity contribution in [3.8, 4) is 29.1 Å². The normalized spacial score (nSPS) is 20.7. The maximum atomic E-state index is 17.0. The van der Waals surface area contributed by atoms with Crippen molar-refractivity contribution >= 4 is 46.3 Å². The summed E-state index contributed by atoms with van der Waals surface area (Å²) in [6.45, 7) is -0.277. The number of amides is 3. The topological polar surface area (TPSA) is 218 Å². The van der Waals surface area contributed by atoms with Gasteiger partial charge < -0.3 is 33.7 Å². The van der Waals surface area contributed by atoms with E-state index in [4.69, 9.17) is 23.7 Å². The molecular formula is C63H53N7O12. The van der Waals surface area contributed by atoms with Crippen LogP contribution in [0.4, 0.5) is 16.2 Å². The van der Waals surface area contributed by atoms with Crippen LogP contribution >= 0.6 is 0 Å². The third-order valence-electron chi connectivity index (χ3n) is 15.9.